The molecule has 1 aromatic carbocycles. The lowest BCUT2D eigenvalue weighted by atomic mass is 10.0. The summed E-state index contributed by atoms with van der Waals surface area (Å²) in [5, 5.41) is 3.51. The van der Waals surface area contributed by atoms with Crippen molar-refractivity contribution < 1.29 is 4.74 Å². The number of nitrogens with one attached hydrogen (secondary N) is 2. The van der Waals surface area contributed by atoms with Gasteiger partial charge in [0.2, 0.25) is 0 Å². The lowest BCUT2D eigenvalue weighted by Crippen LogP contribution is -2.27. The molecule has 2 aromatic rings. The molecule has 20 heavy (non-hydrogen) atoms. The maximum atomic E-state index is 5.68. The van der Waals surface area contributed by atoms with Gasteiger partial charge in [-0.3, -0.25) is 0 Å². The van der Waals surface area contributed by atoms with E-state index in [1.807, 2.05) is 31.3 Å². The third-order valence-corrected chi connectivity index (χ3v) is 3.71. The van der Waals surface area contributed by atoms with Crippen molar-refractivity contribution in [3.63, 3.8) is 0 Å². The Hall–Kier alpha value is -1.81. The highest BCUT2D eigenvalue weighted by molar-refractivity contribution is 5.66. The first-order chi connectivity index (χ1) is 9.88. The zero-order valence-corrected chi connectivity index (χ0v) is 11.9. The second-order valence-corrected chi connectivity index (χ2v) is 5.11. The molecule has 1 saturated heterocycles. The van der Waals surface area contributed by atoms with Crippen LogP contribution in [0.4, 0.5) is 0 Å². The van der Waals surface area contributed by atoms with E-state index in [0.717, 1.165) is 35.8 Å². The van der Waals surface area contributed by atoms with Gasteiger partial charge in [0.05, 0.1) is 24.5 Å². The molecule has 2 N–H and O–H groups in total. The van der Waals surface area contributed by atoms with Crippen molar-refractivity contribution in [1.29, 1.82) is 0 Å². The Morgan fingerprint density at radius 2 is 2.20 bits per heavy atom. The van der Waals surface area contributed by atoms with E-state index in [2.05, 4.69) is 21.4 Å². The zero-order chi connectivity index (χ0) is 13.8. The van der Waals surface area contributed by atoms with Crippen LogP contribution in [0.2, 0.25) is 0 Å². The normalized spacial score (nSPS) is 18.9. The maximum Gasteiger partial charge on any atom is 0.128 e. The van der Waals surface area contributed by atoms with Crippen molar-refractivity contribution >= 4 is 0 Å². The molecule has 4 nitrogen and oxygen atoms in total. The molecule has 0 saturated carbocycles. The molecule has 1 aromatic heterocycles. The highest BCUT2D eigenvalue weighted by Crippen LogP contribution is 2.30. The second-order valence-electron chi connectivity index (χ2n) is 5.11. The molecule has 4 heteroatoms. The first kappa shape index (κ1) is 13.2. The van der Waals surface area contributed by atoms with E-state index in [0.29, 0.717) is 12.6 Å². The van der Waals surface area contributed by atoms with Crippen LogP contribution in [0.1, 0.15) is 38.1 Å². The Kier molecular flexibility index (Phi) is 4.02. The summed E-state index contributed by atoms with van der Waals surface area (Å²) in [4.78, 5) is 7.99. The number of hydrogen-bond donors (Lipinski definition) is 2. The van der Waals surface area contributed by atoms with Crippen LogP contribution in [0, 0.1) is 0 Å². The molecular formula is C16H21N3O. The fraction of sp³-hybridized carbons (Fsp3) is 0.438. The molecule has 1 aliphatic heterocycles. The van der Waals surface area contributed by atoms with Crippen molar-refractivity contribution in [2.75, 3.05) is 13.2 Å². The number of aromatic amines is 1. The summed E-state index contributed by atoms with van der Waals surface area (Å²) in [6, 6.07) is 8.44. The van der Waals surface area contributed by atoms with Crippen LogP contribution in [-0.4, -0.2) is 23.1 Å². The van der Waals surface area contributed by atoms with Crippen molar-refractivity contribution in [1.82, 2.24) is 15.3 Å². The van der Waals surface area contributed by atoms with Gasteiger partial charge in [0.1, 0.15) is 11.6 Å². The largest absolute Gasteiger partial charge is 0.493 e. The molecule has 0 amide bonds. The molecule has 0 radical (unpaired) electrons. The van der Waals surface area contributed by atoms with Gasteiger partial charge in [-0.2, -0.15) is 0 Å². The molecule has 1 fully saturated rings. The lowest BCUT2D eigenvalue weighted by Gasteiger charge is -2.21. The molecule has 0 aliphatic carbocycles. The Labute approximate surface area is 119 Å². The summed E-state index contributed by atoms with van der Waals surface area (Å²) in [6.07, 6.45) is 5.59. The van der Waals surface area contributed by atoms with E-state index in [4.69, 9.17) is 4.74 Å². The SMILES string of the molecule is CCOc1ccccc1-c1cnc(C2CCCCN2)[nH]1. The third kappa shape index (κ3) is 2.70. The van der Waals surface area contributed by atoms with E-state index < -0.39 is 0 Å². The lowest BCUT2D eigenvalue weighted by molar-refractivity contribution is 0.341. The quantitative estimate of drug-likeness (QED) is 0.897. The smallest absolute Gasteiger partial charge is 0.128 e. The Balaban J connectivity index is 1.86. The van der Waals surface area contributed by atoms with Crippen LogP contribution in [0.15, 0.2) is 30.5 Å². The number of nitrogens with zero attached hydrogens (tertiary/aromatic N) is 1. The van der Waals surface area contributed by atoms with E-state index in [1.165, 1.54) is 12.8 Å². The minimum atomic E-state index is 0.358. The van der Waals surface area contributed by atoms with Crippen LogP contribution in [0.25, 0.3) is 11.3 Å². The summed E-state index contributed by atoms with van der Waals surface area (Å²) in [5.41, 5.74) is 2.10. The molecule has 1 aliphatic rings. The fourth-order valence-corrected chi connectivity index (χ4v) is 2.71. The van der Waals surface area contributed by atoms with Crippen molar-refractivity contribution in [2.24, 2.45) is 0 Å². The number of imidazole rings is 1. The highest BCUT2D eigenvalue weighted by atomic mass is 16.5. The van der Waals surface area contributed by atoms with E-state index in [1.54, 1.807) is 0 Å². The number of ether oxygens (including phenoxy) is 1. The van der Waals surface area contributed by atoms with Gasteiger partial charge >= 0.3 is 0 Å². The number of para-hydroxylation sites is 1. The number of benzene rings is 1. The topological polar surface area (TPSA) is 49.9 Å². The molecule has 1 atom stereocenters. The molecule has 0 bridgehead atoms. The van der Waals surface area contributed by atoms with Crippen LogP contribution in [-0.2, 0) is 0 Å². The standard InChI is InChI=1S/C16H21N3O/c1-2-20-15-9-4-3-7-12(15)14-11-18-16(19-14)13-8-5-6-10-17-13/h3-4,7,9,11,13,17H,2,5-6,8,10H2,1H3,(H,18,19). The maximum absolute atomic E-state index is 5.68. The van der Waals surface area contributed by atoms with Gasteiger partial charge in [0, 0.05) is 5.56 Å². The van der Waals surface area contributed by atoms with Gasteiger partial charge in [-0.25, -0.2) is 4.98 Å². The number of hydrogen-bond acceptors (Lipinski definition) is 3. The molecule has 3 rings (SSSR count). The van der Waals surface area contributed by atoms with Crippen molar-refractivity contribution in [3.05, 3.63) is 36.3 Å². The molecule has 2 heterocycles. The molecular weight excluding hydrogens is 250 g/mol. The molecule has 1 unspecified atom stereocenters. The van der Waals surface area contributed by atoms with Crippen LogP contribution < -0.4 is 10.1 Å². The van der Waals surface area contributed by atoms with Gasteiger partial charge in [-0.05, 0) is 38.4 Å². The second kappa shape index (κ2) is 6.09. The van der Waals surface area contributed by atoms with Gasteiger partial charge < -0.3 is 15.0 Å². The third-order valence-electron chi connectivity index (χ3n) is 3.71. The van der Waals surface area contributed by atoms with Crippen molar-refractivity contribution in [3.8, 4) is 17.0 Å². The van der Waals surface area contributed by atoms with Crippen LogP contribution in [0.5, 0.6) is 5.75 Å². The first-order valence-corrected chi connectivity index (χ1v) is 7.39. The minimum Gasteiger partial charge on any atom is -0.493 e. The summed E-state index contributed by atoms with van der Waals surface area (Å²) in [5.74, 6) is 1.94. The monoisotopic (exact) mass is 271 g/mol. The van der Waals surface area contributed by atoms with Crippen LogP contribution >= 0.6 is 0 Å². The average Bonchev–Trinajstić information content (AvgIpc) is 2.99. The average molecular weight is 271 g/mol. The molecule has 0 spiro atoms. The van der Waals surface area contributed by atoms with Crippen molar-refractivity contribution in [2.45, 2.75) is 32.2 Å². The Morgan fingerprint density at radius 1 is 1.30 bits per heavy atom. The van der Waals surface area contributed by atoms with E-state index >= 15 is 0 Å². The van der Waals surface area contributed by atoms with Gasteiger partial charge in [-0.1, -0.05) is 18.6 Å². The van der Waals surface area contributed by atoms with Gasteiger partial charge in [0.25, 0.3) is 0 Å². The predicted molar refractivity (Wildman–Crippen MR) is 79.8 cm³/mol. The number of aromatic nitrogens is 2. The number of H-pyrrole nitrogens is 1. The Bertz CT molecular complexity index is 558. The zero-order valence-electron chi connectivity index (χ0n) is 11.9. The summed E-state index contributed by atoms with van der Waals surface area (Å²) in [7, 11) is 0. The minimum absolute atomic E-state index is 0.358. The fourth-order valence-electron chi connectivity index (χ4n) is 2.71. The first-order valence-electron chi connectivity index (χ1n) is 7.39. The Morgan fingerprint density at radius 3 is 3.00 bits per heavy atom. The van der Waals surface area contributed by atoms with Crippen LogP contribution in [0.3, 0.4) is 0 Å². The molecule has 106 valence electrons. The number of rotatable bonds is 4. The highest BCUT2D eigenvalue weighted by Gasteiger charge is 2.18. The van der Waals surface area contributed by atoms with E-state index in [-0.39, 0.29) is 0 Å². The van der Waals surface area contributed by atoms with E-state index in [9.17, 15) is 0 Å². The number of piperidine rings is 1. The summed E-state index contributed by atoms with van der Waals surface area (Å²) in [6.45, 7) is 3.75. The van der Waals surface area contributed by atoms with Gasteiger partial charge in [0.15, 0.2) is 0 Å². The van der Waals surface area contributed by atoms with Gasteiger partial charge in [-0.15, -0.1) is 0 Å². The summed E-state index contributed by atoms with van der Waals surface area (Å²) >= 11 is 0. The summed E-state index contributed by atoms with van der Waals surface area (Å²) < 4.78 is 5.68. The predicted octanol–water partition coefficient (Wildman–Crippen LogP) is 3.29.